The lowest BCUT2D eigenvalue weighted by Crippen LogP contribution is -2.26. The normalized spacial score (nSPS) is 18.1. The van der Waals surface area contributed by atoms with Crippen LogP contribution in [0.5, 0.6) is 5.75 Å². The molecule has 4 heteroatoms. The summed E-state index contributed by atoms with van der Waals surface area (Å²) < 4.78 is 11.4. The number of methoxy groups -OCH3 is 2. The van der Waals surface area contributed by atoms with Gasteiger partial charge in [0.1, 0.15) is 5.75 Å². The number of hydrogen-bond acceptors (Lipinski definition) is 4. The molecule has 0 radical (unpaired) electrons. The predicted octanol–water partition coefficient (Wildman–Crippen LogP) is 5.63. The Kier molecular flexibility index (Phi) is 6.69. The smallest absolute Gasteiger partial charge is 0.128 e. The van der Waals surface area contributed by atoms with Crippen LogP contribution in [0.2, 0.25) is 0 Å². The first kappa shape index (κ1) is 21.5. The van der Waals surface area contributed by atoms with Gasteiger partial charge in [-0.2, -0.15) is 0 Å². The van der Waals surface area contributed by atoms with Gasteiger partial charge in [-0.1, -0.05) is 36.4 Å². The van der Waals surface area contributed by atoms with Crippen molar-refractivity contribution in [2.75, 3.05) is 34.9 Å². The fourth-order valence-corrected chi connectivity index (χ4v) is 4.64. The highest BCUT2D eigenvalue weighted by molar-refractivity contribution is 5.71. The minimum atomic E-state index is 0.184. The Morgan fingerprint density at radius 1 is 1.00 bits per heavy atom. The number of benzene rings is 2. The molecule has 2 atom stereocenters. The molecule has 1 aromatic heterocycles. The third-order valence-corrected chi connectivity index (χ3v) is 6.34. The fourth-order valence-electron chi connectivity index (χ4n) is 4.64. The molecule has 3 aromatic rings. The molecule has 0 spiro atoms. The first-order chi connectivity index (χ1) is 15.1. The molecule has 162 valence electrons. The van der Waals surface area contributed by atoms with Crippen molar-refractivity contribution < 1.29 is 9.47 Å². The van der Waals surface area contributed by atoms with E-state index in [9.17, 15) is 0 Å². The average Bonchev–Trinajstić information content (AvgIpc) is 2.82. The van der Waals surface area contributed by atoms with Gasteiger partial charge < -0.3 is 14.4 Å². The van der Waals surface area contributed by atoms with Crippen molar-refractivity contribution in [2.24, 2.45) is 5.92 Å². The van der Waals surface area contributed by atoms with E-state index in [1.807, 2.05) is 37.6 Å². The standard InChI is InChI=1S/C27H32N2O2/c1-29(2)16-15-19-9-10-21-17-20(11-13-23(21)27(19)31-4)22-12-14-25(28-18-22)24-7-5-6-8-26(24)30-3/h5-8,11-14,17-19,27H,9-10,15-16H2,1-4H3. The van der Waals surface area contributed by atoms with Gasteiger partial charge in [0.25, 0.3) is 0 Å². The van der Waals surface area contributed by atoms with E-state index in [1.54, 1.807) is 7.11 Å². The molecule has 2 unspecified atom stereocenters. The summed E-state index contributed by atoms with van der Waals surface area (Å²) in [6, 6.07) is 19.0. The summed E-state index contributed by atoms with van der Waals surface area (Å²) in [5.74, 6) is 1.42. The van der Waals surface area contributed by atoms with Gasteiger partial charge in [-0.05, 0) is 80.7 Å². The van der Waals surface area contributed by atoms with Crippen LogP contribution < -0.4 is 4.74 Å². The van der Waals surface area contributed by atoms with Gasteiger partial charge in [-0.3, -0.25) is 4.98 Å². The van der Waals surface area contributed by atoms with E-state index in [2.05, 4.69) is 49.3 Å². The lowest BCUT2D eigenvalue weighted by molar-refractivity contribution is 0.0343. The topological polar surface area (TPSA) is 34.6 Å². The Morgan fingerprint density at radius 2 is 1.81 bits per heavy atom. The molecule has 2 aromatic carbocycles. The number of fused-ring (bicyclic) bond motifs is 1. The third kappa shape index (κ3) is 4.65. The molecule has 4 nitrogen and oxygen atoms in total. The van der Waals surface area contributed by atoms with E-state index >= 15 is 0 Å². The zero-order valence-corrected chi connectivity index (χ0v) is 19.0. The Morgan fingerprint density at radius 3 is 2.52 bits per heavy atom. The monoisotopic (exact) mass is 416 g/mol. The van der Waals surface area contributed by atoms with Crippen LogP contribution in [-0.2, 0) is 11.2 Å². The number of rotatable bonds is 7. The number of hydrogen-bond donors (Lipinski definition) is 0. The molecule has 0 bridgehead atoms. The zero-order valence-electron chi connectivity index (χ0n) is 19.0. The molecule has 1 heterocycles. The molecule has 0 saturated carbocycles. The van der Waals surface area contributed by atoms with Gasteiger partial charge in [0, 0.05) is 24.4 Å². The Balaban J connectivity index is 1.57. The molecule has 0 aliphatic heterocycles. The van der Waals surface area contributed by atoms with E-state index in [0.717, 1.165) is 35.5 Å². The zero-order chi connectivity index (χ0) is 21.8. The first-order valence-electron chi connectivity index (χ1n) is 11.0. The lowest BCUT2D eigenvalue weighted by atomic mass is 9.79. The van der Waals surface area contributed by atoms with Crippen molar-refractivity contribution >= 4 is 0 Å². The maximum absolute atomic E-state index is 5.95. The Labute approximate surface area is 185 Å². The summed E-state index contributed by atoms with van der Waals surface area (Å²) in [5, 5.41) is 0. The molecule has 0 saturated heterocycles. The predicted molar refractivity (Wildman–Crippen MR) is 126 cm³/mol. The quantitative estimate of drug-likeness (QED) is 0.500. The summed E-state index contributed by atoms with van der Waals surface area (Å²) in [6.45, 7) is 1.10. The van der Waals surface area contributed by atoms with Gasteiger partial charge >= 0.3 is 0 Å². The Bertz CT molecular complexity index is 1010. The second kappa shape index (κ2) is 9.63. The van der Waals surface area contributed by atoms with E-state index < -0.39 is 0 Å². The van der Waals surface area contributed by atoms with Crippen LogP contribution in [-0.4, -0.2) is 44.7 Å². The van der Waals surface area contributed by atoms with Crippen LogP contribution in [0.15, 0.2) is 60.8 Å². The summed E-state index contributed by atoms with van der Waals surface area (Å²) in [6.07, 6.45) is 5.59. The average molecular weight is 417 g/mol. The molecule has 0 N–H and O–H groups in total. The SMILES string of the molecule is COc1ccccc1-c1ccc(-c2ccc3c(c2)CCC(CCN(C)C)C3OC)cn1. The maximum atomic E-state index is 5.95. The van der Waals surface area contributed by atoms with Crippen LogP contribution in [0, 0.1) is 5.92 Å². The van der Waals surface area contributed by atoms with Crippen molar-refractivity contribution in [3.8, 4) is 28.1 Å². The second-order valence-electron chi connectivity index (χ2n) is 8.59. The molecular weight excluding hydrogens is 384 g/mol. The number of para-hydroxylation sites is 1. The first-order valence-corrected chi connectivity index (χ1v) is 11.0. The van der Waals surface area contributed by atoms with Gasteiger partial charge in [0.05, 0.1) is 18.9 Å². The molecule has 4 rings (SSSR count). The summed E-state index contributed by atoms with van der Waals surface area (Å²) >= 11 is 0. The second-order valence-corrected chi connectivity index (χ2v) is 8.59. The van der Waals surface area contributed by atoms with Crippen LogP contribution in [0.3, 0.4) is 0 Å². The van der Waals surface area contributed by atoms with E-state index in [-0.39, 0.29) is 6.10 Å². The molecular formula is C27H32N2O2. The molecule has 1 aliphatic carbocycles. The number of aromatic nitrogens is 1. The van der Waals surface area contributed by atoms with Crippen LogP contribution in [0.1, 0.15) is 30.1 Å². The number of pyridine rings is 1. The largest absolute Gasteiger partial charge is 0.496 e. The van der Waals surface area contributed by atoms with Crippen molar-refractivity contribution in [3.05, 3.63) is 71.9 Å². The molecule has 31 heavy (non-hydrogen) atoms. The molecule has 1 aliphatic rings. The van der Waals surface area contributed by atoms with Crippen molar-refractivity contribution in [1.29, 1.82) is 0 Å². The number of ether oxygens (including phenoxy) is 2. The van der Waals surface area contributed by atoms with Crippen LogP contribution >= 0.6 is 0 Å². The van der Waals surface area contributed by atoms with Crippen molar-refractivity contribution in [3.63, 3.8) is 0 Å². The van der Waals surface area contributed by atoms with Crippen molar-refractivity contribution in [1.82, 2.24) is 9.88 Å². The van der Waals surface area contributed by atoms with Crippen LogP contribution in [0.25, 0.3) is 22.4 Å². The summed E-state index contributed by atoms with van der Waals surface area (Å²) in [7, 11) is 7.81. The van der Waals surface area contributed by atoms with Crippen LogP contribution in [0.4, 0.5) is 0 Å². The lowest BCUT2D eigenvalue weighted by Gasteiger charge is -2.33. The summed E-state index contributed by atoms with van der Waals surface area (Å²) in [4.78, 5) is 6.98. The van der Waals surface area contributed by atoms with E-state index in [1.165, 1.54) is 29.5 Å². The highest BCUT2D eigenvalue weighted by atomic mass is 16.5. The summed E-state index contributed by atoms with van der Waals surface area (Å²) in [5.41, 5.74) is 7.01. The minimum Gasteiger partial charge on any atom is -0.496 e. The Hall–Kier alpha value is -2.69. The van der Waals surface area contributed by atoms with Gasteiger partial charge in [0.15, 0.2) is 0 Å². The highest BCUT2D eigenvalue weighted by Gasteiger charge is 2.29. The highest BCUT2D eigenvalue weighted by Crippen LogP contribution is 2.40. The van der Waals surface area contributed by atoms with Crippen molar-refractivity contribution in [2.45, 2.75) is 25.4 Å². The number of nitrogens with zero attached hydrogens (tertiary/aromatic N) is 2. The molecule has 0 fully saturated rings. The third-order valence-electron chi connectivity index (χ3n) is 6.34. The van der Waals surface area contributed by atoms with Gasteiger partial charge in [0.2, 0.25) is 0 Å². The van der Waals surface area contributed by atoms with Gasteiger partial charge in [-0.15, -0.1) is 0 Å². The fraction of sp³-hybridized carbons (Fsp3) is 0.370. The number of aryl methyl sites for hydroxylation is 1. The van der Waals surface area contributed by atoms with E-state index in [4.69, 9.17) is 14.5 Å². The molecule has 0 amide bonds. The van der Waals surface area contributed by atoms with Gasteiger partial charge in [-0.25, -0.2) is 0 Å². The minimum absolute atomic E-state index is 0.184. The van der Waals surface area contributed by atoms with E-state index in [0.29, 0.717) is 5.92 Å². The maximum Gasteiger partial charge on any atom is 0.128 e.